The van der Waals surface area contributed by atoms with Crippen molar-refractivity contribution in [2.45, 2.75) is 13.8 Å². The number of aryl methyl sites for hydroxylation is 2. The molecule has 0 atom stereocenters. The average Bonchev–Trinajstić information content (AvgIpc) is 2.62. The predicted octanol–water partition coefficient (Wildman–Crippen LogP) is 4.03. The smallest absolute Gasteiger partial charge is 0.277 e. The Morgan fingerprint density at radius 3 is 2.65 bits per heavy atom. The van der Waals surface area contributed by atoms with Gasteiger partial charge in [0.25, 0.3) is 5.91 Å². The van der Waals surface area contributed by atoms with Gasteiger partial charge in [-0.3, -0.25) is 4.79 Å². The van der Waals surface area contributed by atoms with Crippen LogP contribution in [-0.2, 0) is 4.79 Å². The summed E-state index contributed by atoms with van der Waals surface area (Å²) in [5.74, 6) is 0.272. The summed E-state index contributed by atoms with van der Waals surface area (Å²) >= 11 is 6.19. The standard InChI is InChI=1S/C20H18ClN3O2/c1-13-4-7-17(8-5-13)26-12-19(25)24-22-11-16-10-15-6-3-14(2)9-18(15)23-20(16)21/h3-11H,12H2,1-2H3,(H,24,25)/b22-11+. The molecule has 1 amide bonds. The van der Waals surface area contributed by atoms with Crippen molar-refractivity contribution in [3.05, 3.63) is 70.4 Å². The highest BCUT2D eigenvalue weighted by Gasteiger charge is 2.05. The van der Waals surface area contributed by atoms with E-state index in [4.69, 9.17) is 16.3 Å². The highest BCUT2D eigenvalue weighted by Crippen LogP contribution is 2.20. The molecule has 132 valence electrons. The first-order valence-electron chi connectivity index (χ1n) is 8.09. The molecule has 1 heterocycles. The van der Waals surface area contributed by atoms with E-state index in [-0.39, 0.29) is 12.5 Å². The van der Waals surface area contributed by atoms with E-state index in [0.717, 1.165) is 22.0 Å². The van der Waals surface area contributed by atoms with Crippen LogP contribution < -0.4 is 10.2 Å². The number of halogens is 1. The third-order valence-electron chi connectivity index (χ3n) is 3.74. The summed E-state index contributed by atoms with van der Waals surface area (Å²) in [6.07, 6.45) is 1.47. The summed E-state index contributed by atoms with van der Waals surface area (Å²) in [6.45, 7) is 3.86. The SMILES string of the molecule is Cc1ccc(OCC(=O)N/N=C/c2cc3ccc(C)cc3nc2Cl)cc1. The number of hydrogen-bond donors (Lipinski definition) is 1. The molecule has 2 aromatic carbocycles. The monoisotopic (exact) mass is 367 g/mol. The van der Waals surface area contributed by atoms with Crippen molar-refractivity contribution >= 4 is 34.6 Å². The molecule has 6 heteroatoms. The van der Waals surface area contributed by atoms with Crippen molar-refractivity contribution < 1.29 is 9.53 Å². The van der Waals surface area contributed by atoms with Crippen LogP contribution in [0.1, 0.15) is 16.7 Å². The average molecular weight is 368 g/mol. The number of fused-ring (bicyclic) bond motifs is 1. The lowest BCUT2D eigenvalue weighted by atomic mass is 10.1. The van der Waals surface area contributed by atoms with Crippen LogP contribution in [0.3, 0.4) is 0 Å². The molecule has 0 aliphatic rings. The van der Waals surface area contributed by atoms with Gasteiger partial charge in [0.15, 0.2) is 6.61 Å². The van der Waals surface area contributed by atoms with E-state index in [9.17, 15) is 4.79 Å². The molecule has 0 unspecified atom stereocenters. The van der Waals surface area contributed by atoms with Crippen LogP contribution in [0.5, 0.6) is 5.75 Å². The van der Waals surface area contributed by atoms with E-state index in [2.05, 4.69) is 15.5 Å². The first-order valence-corrected chi connectivity index (χ1v) is 8.47. The number of carbonyl (C=O) groups excluding carboxylic acids is 1. The summed E-state index contributed by atoms with van der Waals surface area (Å²) in [6, 6.07) is 15.3. The number of nitrogens with zero attached hydrogens (tertiary/aromatic N) is 2. The Balaban J connectivity index is 1.60. The molecular weight excluding hydrogens is 350 g/mol. The van der Waals surface area contributed by atoms with Crippen LogP contribution in [0.25, 0.3) is 10.9 Å². The highest BCUT2D eigenvalue weighted by molar-refractivity contribution is 6.32. The first kappa shape index (κ1) is 17.9. The van der Waals surface area contributed by atoms with Gasteiger partial charge in [-0.2, -0.15) is 5.10 Å². The molecular formula is C20H18ClN3O2. The summed E-state index contributed by atoms with van der Waals surface area (Å²) in [4.78, 5) is 16.2. The number of hydrogen-bond acceptors (Lipinski definition) is 4. The largest absolute Gasteiger partial charge is 0.484 e. The number of rotatable bonds is 5. The number of aromatic nitrogens is 1. The van der Waals surface area contributed by atoms with Crippen molar-refractivity contribution in [2.75, 3.05) is 6.61 Å². The minimum Gasteiger partial charge on any atom is -0.484 e. The van der Waals surface area contributed by atoms with Crippen molar-refractivity contribution in [1.82, 2.24) is 10.4 Å². The first-order chi connectivity index (χ1) is 12.5. The predicted molar refractivity (Wildman–Crippen MR) is 104 cm³/mol. The van der Waals surface area contributed by atoms with Gasteiger partial charge in [0.1, 0.15) is 10.9 Å². The van der Waals surface area contributed by atoms with Gasteiger partial charge < -0.3 is 4.74 Å². The molecule has 0 radical (unpaired) electrons. The maximum absolute atomic E-state index is 11.8. The molecule has 3 rings (SSSR count). The van der Waals surface area contributed by atoms with Crippen molar-refractivity contribution in [1.29, 1.82) is 0 Å². The quantitative estimate of drug-likeness (QED) is 0.420. The van der Waals surface area contributed by atoms with Crippen molar-refractivity contribution in [2.24, 2.45) is 5.10 Å². The molecule has 5 nitrogen and oxygen atoms in total. The van der Waals surface area contributed by atoms with Gasteiger partial charge in [-0.1, -0.05) is 41.4 Å². The second-order valence-corrected chi connectivity index (χ2v) is 6.32. The number of nitrogens with one attached hydrogen (secondary N) is 1. The van der Waals surface area contributed by atoms with Crippen LogP contribution >= 0.6 is 11.6 Å². The van der Waals surface area contributed by atoms with E-state index in [1.165, 1.54) is 6.21 Å². The number of pyridine rings is 1. The summed E-state index contributed by atoms with van der Waals surface area (Å²) in [5.41, 5.74) is 6.11. The van der Waals surface area contributed by atoms with Crippen LogP contribution in [0, 0.1) is 13.8 Å². The zero-order chi connectivity index (χ0) is 18.5. The zero-order valence-electron chi connectivity index (χ0n) is 14.5. The second-order valence-electron chi connectivity index (χ2n) is 5.96. The van der Waals surface area contributed by atoms with E-state index >= 15 is 0 Å². The van der Waals surface area contributed by atoms with Gasteiger partial charge in [-0.15, -0.1) is 0 Å². The molecule has 0 bridgehead atoms. The van der Waals surface area contributed by atoms with Gasteiger partial charge >= 0.3 is 0 Å². The lowest BCUT2D eigenvalue weighted by molar-refractivity contribution is -0.123. The molecule has 0 saturated heterocycles. The molecule has 26 heavy (non-hydrogen) atoms. The second kappa shape index (κ2) is 7.97. The van der Waals surface area contributed by atoms with Crippen LogP contribution in [0.15, 0.2) is 53.6 Å². The molecule has 0 aliphatic carbocycles. The normalized spacial score (nSPS) is 11.0. The Morgan fingerprint density at radius 1 is 1.15 bits per heavy atom. The maximum Gasteiger partial charge on any atom is 0.277 e. The van der Waals surface area contributed by atoms with Gasteiger partial charge in [-0.25, -0.2) is 10.4 Å². The molecule has 1 N–H and O–H groups in total. The Labute approximate surface area is 156 Å². The Hall–Kier alpha value is -2.92. The lowest BCUT2D eigenvalue weighted by Gasteiger charge is -2.05. The van der Waals surface area contributed by atoms with E-state index in [1.807, 2.05) is 62.4 Å². The molecule has 0 spiro atoms. The molecule has 0 aliphatic heterocycles. The molecule has 3 aromatic rings. The van der Waals surface area contributed by atoms with E-state index in [1.54, 1.807) is 0 Å². The van der Waals surface area contributed by atoms with Gasteiger partial charge in [0.05, 0.1) is 11.7 Å². The van der Waals surface area contributed by atoms with Crippen molar-refractivity contribution in [3.63, 3.8) is 0 Å². The van der Waals surface area contributed by atoms with Crippen LogP contribution in [0.2, 0.25) is 5.15 Å². The fourth-order valence-electron chi connectivity index (χ4n) is 2.35. The van der Waals surface area contributed by atoms with E-state index in [0.29, 0.717) is 16.5 Å². The number of benzene rings is 2. The highest BCUT2D eigenvalue weighted by atomic mass is 35.5. The van der Waals surface area contributed by atoms with Crippen molar-refractivity contribution in [3.8, 4) is 5.75 Å². The molecule has 0 fully saturated rings. The third kappa shape index (κ3) is 4.58. The van der Waals surface area contributed by atoms with Gasteiger partial charge in [0.2, 0.25) is 0 Å². The minimum atomic E-state index is -0.359. The van der Waals surface area contributed by atoms with Crippen LogP contribution in [0.4, 0.5) is 0 Å². The van der Waals surface area contributed by atoms with Crippen LogP contribution in [-0.4, -0.2) is 23.7 Å². The maximum atomic E-state index is 11.8. The minimum absolute atomic E-state index is 0.122. The Morgan fingerprint density at radius 2 is 1.88 bits per heavy atom. The summed E-state index contributed by atoms with van der Waals surface area (Å²) in [7, 11) is 0. The topological polar surface area (TPSA) is 63.6 Å². The summed E-state index contributed by atoms with van der Waals surface area (Å²) < 4.78 is 5.39. The lowest BCUT2D eigenvalue weighted by Crippen LogP contribution is -2.24. The fourth-order valence-corrected chi connectivity index (χ4v) is 2.54. The Bertz CT molecular complexity index is 969. The molecule has 0 saturated carbocycles. The van der Waals surface area contributed by atoms with E-state index < -0.39 is 0 Å². The number of amides is 1. The van der Waals surface area contributed by atoms with Gasteiger partial charge in [0, 0.05) is 10.9 Å². The fraction of sp³-hybridized carbons (Fsp3) is 0.150. The van der Waals surface area contributed by atoms with Gasteiger partial charge in [-0.05, 0) is 43.7 Å². The summed E-state index contributed by atoms with van der Waals surface area (Å²) in [5, 5.41) is 5.21. The zero-order valence-corrected chi connectivity index (χ0v) is 15.2. The number of carbonyl (C=O) groups is 1. The third-order valence-corrected chi connectivity index (χ3v) is 4.04. The molecule has 1 aromatic heterocycles. The Kier molecular flexibility index (Phi) is 5.49. The number of ether oxygens (including phenoxy) is 1. The number of hydrazone groups is 1.